The Hall–Kier alpha value is -1.65. The molecule has 0 radical (unpaired) electrons. The molecule has 0 spiro atoms. The Bertz CT molecular complexity index is 308. The number of amides is 1. The van der Waals surface area contributed by atoms with Crippen molar-refractivity contribution >= 4 is 11.6 Å². The molecular weight excluding hydrogens is 182 g/mol. The summed E-state index contributed by atoms with van der Waals surface area (Å²) in [6.07, 6.45) is 3.18. The van der Waals surface area contributed by atoms with Gasteiger partial charge in [-0.25, -0.2) is 9.97 Å². The lowest BCUT2D eigenvalue weighted by Crippen LogP contribution is -2.14. The molecule has 0 atom stereocenters. The minimum Gasteiger partial charge on any atom is -0.479 e. The van der Waals surface area contributed by atoms with E-state index in [2.05, 4.69) is 15.3 Å². The van der Waals surface area contributed by atoms with Crippen molar-refractivity contribution in [3.63, 3.8) is 0 Å². The van der Waals surface area contributed by atoms with Gasteiger partial charge in [0.25, 0.3) is 0 Å². The van der Waals surface area contributed by atoms with E-state index in [9.17, 15) is 4.79 Å². The van der Waals surface area contributed by atoms with Gasteiger partial charge in [0.2, 0.25) is 5.91 Å². The first kappa shape index (κ1) is 10.4. The maximum absolute atomic E-state index is 11.3. The average Bonchev–Trinajstić information content (AvgIpc) is 2.07. The largest absolute Gasteiger partial charge is 0.479 e. The molecule has 0 unspecified atom stereocenters. The van der Waals surface area contributed by atoms with Crippen LogP contribution in [0.5, 0.6) is 6.01 Å². The highest BCUT2D eigenvalue weighted by molar-refractivity contribution is 5.90. The molecule has 2 N–H and O–H groups in total. The van der Waals surface area contributed by atoms with Gasteiger partial charge in [0, 0.05) is 6.42 Å². The number of hydrogen-bond donors (Lipinski definition) is 2. The van der Waals surface area contributed by atoms with E-state index in [1.165, 1.54) is 12.4 Å². The second-order valence-corrected chi connectivity index (χ2v) is 3.42. The summed E-state index contributed by atoms with van der Waals surface area (Å²) in [4.78, 5) is 18.4. The summed E-state index contributed by atoms with van der Waals surface area (Å²) in [5.74, 6) is 0.238. The van der Waals surface area contributed by atoms with Gasteiger partial charge in [0.15, 0.2) is 0 Å². The van der Waals surface area contributed by atoms with Gasteiger partial charge in [0.1, 0.15) is 0 Å². The fourth-order valence-electron chi connectivity index (χ4n) is 0.969. The minimum absolute atomic E-state index is 0.0747. The van der Waals surface area contributed by atoms with E-state index in [-0.39, 0.29) is 11.9 Å². The van der Waals surface area contributed by atoms with Gasteiger partial charge in [-0.2, -0.15) is 0 Å². The van der Waals surface area contributed by atoms with Crippen molar-refractivity contribution in [1.82, 2.24) is 9.97 Å². The first-order valence-electron chi connectivity index (χ1n) is 4.39. The third-order valence-electron chi connectivity index (χ3n) is 1.52. The van der Waals surface area contributed by atoms with Gasteiger partial charge in [-0.05, 0) is 5.92 Å². The van der Waals surface area contributed by atoms with Crippen molar-refractivity contribution < 1.29 is 9.90 Å². The van der Waals surface area contributed by atoms with Crippen LogP contribution in [0, 0.1) is 5.92 Å². The van der Waals surface area contributed by atoms with Crippen LogP contribution in [0.25, 0.3) is 0 Å². The Morgan fingerprint density at radius 1 is 1.50 bits per heavy atom. The molecule has 0 saturated carbocycles. The first-order chi connectivity index (χ1) is 6.58. The van der Waals surface area contributed by atoms with Gasteiger partial charge in [0.05, 0.1) is 18.1 Å². The Morgan fingerprint density at radius 3 is 2.57 bits per heavy atom. The summed E-state index contributed by atoms with van der Waals surface area (Å²) in [5.41, 5.74) is 0.494. The zero-order chi connectivity index (χ0) is 10.6. The quantitative estimate of drug-likeness (QED) is 0.759. The van der Waals surface area contributed by atoms with E-state index < -0.39 is 0 Å². The summed E-state index contributed by atoms with van der Waals surface area (Å²) in [5, 5.41) is 11.4. The van der Waals surface area contributed by atoms with Crippen LogP contribution in [0.4, 0.5) is 5.69 Å². The van der Waals surface area contributed by atoms with Crippen molar-refractivity contribution in [2.45, 2.75) is 20.3 Å². The van der Waals surface area contributed by atoms with Crippen LogP contribution in [-0.4, -0.2) is 21.0 Å². The van der Waals surface area contributed by atoms with Crippen molar-refractivity contribution in [3.8, 4) is 6.01 Å². The highest BCUT2D eigenvalue weighted by Gasteiger charge is 2.05. The molecule has 0 bridgehead atoms. The Morgan fingerprint density at radius 2 is 2.07 bits per heavy atom. The smallest absolute Gasteiger partial charge is 0.313 e. The monoisotopic (exact) mass is 195 g/mol. The van der Waals surface area contributed by atoms with Crippen LogP contribution < -0.4 is 5.32 Å². The molecule has 1 aromatic rings. The SMILES string of the molecule is CC(C)CC(=O)Nc1cnc(O)nc1. The van der Waals surface area contributed by atoms with E-state index in [0.717, 1.165) is 0 Å². The summed E-state index contributed by atoms with van der Waals surface area (Å²) in [6.45, 7) is 3.93. The molecule has 0 aliphatic rings. The third kappa shape index (κ3) is 3.38. The van der Waals surface area contributed by atoms with Crippen molar-refractivity contribution in [2.75, 3.05) is 5.32 Å². The van der Waals surface area contributed by atoms with Crippen LogP contribution in [0.2, 0.25) is 0 Å². The molecule has 0 aliphatic carbocycles. The van der Waals surface area contributed by atoms with Gasteiger partial charge in [-0.3, -0.25) is 4.79 Å². The van der Waals surface area contributed by atoms with Crippen LogP contribution in [0.3, 0.4) is 0 Å². The Balaban J connectivity index is 2.52. The number of anilines is 1. The maximum atomic E-state index is 11.3. The van der Waals surface area contributed by atoms with Crippen LogP contribution in [-0.2, 0) is 4.79 Å². The second kappa shape index (κ2) is 4.55. The number of hydrogen-bond acceptors (Lipinski definition) is 4. The van der Waals surface area contributed by atoms with Crippen molar-refractivity contribution in [1.29, 1.82) is 0 Å². The number of aromatic hydroxyl groups is 1. The lowest BCUT2D eigenvalue weighted by atomic mass is 10.1. The molecule has 0 aromatic carbocycles. The molecule has 0 fully saturated rings. The normalized spacial score (nSPS) is 10.2. The van der Waals surface area contributed by atoms with E-state index in [1.54, 1.807) is 0 Å². The zero-order valence-electron chi connectivity index (χ0n) is 8.19. The zero-order valence-corrected chi connectivity index (χ0v) is 8.19. The molecule has 1 amide bonds. The maximum Gasteiger partial charge on any atom is 0.313 e. The lowest BCUT2D eigenvalue weighted by Gasteiger charge is -2.05. The number of aromatic nitrogens is 2. The summed E-state index contributed by atoms with van der Waals surface area (Å²) < 4.78 is 0. The number of rotatable bonds is 3. The van der Waals surface area contributed by atoms with Crippen molar-refractivity contribution in [3.05, 3.63) is 12.4 Å². The highest BCUT2D eigenvalue weighted by atomic mass is 16.3. The van der Waals surface area contributed by atoms with E-state index in [4.69, 9.17) is 5.11 Å². The highest BCUT2D eigenvalue weighted by Crippen LogP contribution is 2.07. The standard InChI is InChI=1S/C9H13N3O2/c1-6(2)3-8(13)12-7-4-10-9(14)11-5-7/h4-6H,3H2,1-2H3,(H,12,13)(H,10,11,14). The predicted octanol–water partition coefficient (Wildman–Crippen LogP) is 1.17. The van der Waals surface area contributed by atoms with Crippen LogP contribution in [0.15, 0.2) is 12.4 Å². The fourth-order valence-corrected chi connectivity index (χ4v) is 0.969. The van der Waals surface area contributed by atoms with Gasteiger partial charge >= 0.3 is 6.01 Å². The molecular formula is C9H13N3O2. The number of nitrogens with one attached hydrogen (secondary N) is 1. The molecule has 1 rings (SSSR count). The molecule has 0 aliphatic heterocycles. The minimum atomic E-state index is -0.299. The van der Waals surface area contributed by atoms with Gasteiger partial charge in [-0.15, -0.1) is 0 Å². The molecule has 76 valence electrons. The second-order valence-electron chi connectivity index (χ2n) is 3.42. The summed E-state index contributed by atoms with van der Waals surface area (Å²) in [7, 11) is 0. The summed E-state index contributed by atoms with van der Waals surface area (Å²) in [6, 6.07) is -0.299. The lowest BCUT2D eigenvalue weighted by molar-refractivity contribution is -0.116. The average molecular weight is 195 g/mol. The fraction of sp³-hybridized carbons (Fsp3) is 0.444. The van der Waals surface area contributed by atoms with Crippen LogP contribution in [0.1, 0.15) is 20.3 Å². The number of carbonyl (C=O) groups excluding carboxylic acids is 1. The molecule has 1 heterocycles. The first-order valence-corrected chi connectivity index (χ1v) is 4.39. The Kier molecular flexibility index (Phi) is 3.39. The molecule has 1 aromatic heterocycles. The summed E-state index contributed by atoms with van der Waals surface area (Å²) >= 11 is 0. The topological polar surface area (TPSA) is 75.1 Å². The molecule has 5 nitrogen and oxygen atoms in total. The Labute approximate surface area is 82.2 Å². The molecule has 0 saturated heterocycles. The number of nitrogens with zero attached hydrogens (tertiary/aromatic N) is 2. The number of carbonyl (C=O) groups is 1. The van der Waals surface area contributed by atoms with Crippen LogP contribution >= 0.6 is 0 Å². The van der Waals surface area contributed by atoms with E-state index in [1.807, 2.05) is 13.8 Å². The van der Waals surface area contributed by atoms with E-state index in [0.29, 0.717) is 18.0 Å². The van der Waals surface area contributed by atoms with Gasteiger partial charge < -0.3 is 10.4 Å². The van der Waals surface area contributed by atoms with Gasteiger partial charge in [-0.1, -0.05) is 13.8 Å². The molecule has 14 heavy (non-hydrogen) atoms. The third-order valence-corrected chi connectivity index (χ3v) is 1.52. The van der Waals surface area contributed by atoms with Crippen molar-refractivity contribution in [2.24, 2.45) is 5.92 Å². The molecule has 5 heteroatoms. The van der Waals surface area contributed by atoms with E-state index >= 15 is 0 Å². The predicted molar refractivity (Wildman–Crippen MR) is 51.8 cm³/mol.